The van der Waals surface area contributed by atoms with E-state index in [-0.39, 0.29) is 0 Å². The van der Waals surface area contributed by atoms with Crippen LogP contribution in [0.3, 0.4) is 0 Å². The van der Waals surface area contributed by atoms with Crippen molar-refractivity contribution in [3.8, 4) is 5.75 Å². The van der Waals surface area contributed by atoms with E-state index < -0.39 is 0 Å². The topological polar surface area (TPSA) is 36.9 Å². The smallest absolute Gasteiger partial charge is 0.189 e. The van der Waals surface area contributed by atoms with Crippen LogP contribution in [0.25, 0.3) is 0 Å². The zero-order chi connectivity index (χ0) is 14.1. The molecule has 19 heavy (non-hydrogen) atoms. The van der Waals surface area contributed by atoms with Crippen molar-refractivity contribution in [2.45, 2.75) is 19.8 Å². The molecule has 0 aliphatic rings. The number of hydrogen-bond acceptors (Lipinski definition) is 3. The maximum atomic E-state index is 5.23. The van der Waals surface area contributed by atoms with Gasteiger partial charge in [-0.25, -0.2) is 5.01 Å². The predicted molar refractivity (Wildman–Crippen MR) is 83.9 cm³/mol. The van der Waals surface area contributed by atoms with E-state index in [0.29, 0.717) is 5.11 Å². The molecule has 0 saturated heterocycles. The van der Waals surface area contributed by atoms with E-state index in [0.717, 1.165) is 30.7 Å². The number of benzene rings is 1. The van der Waals surface area contributed by atoms with E-state index in [1.807, 2.05) is 31.3 Å². The second-order valence-electron chi connectivity index (χ2n) is 4.13. The first-order valence-electron chi connectivity index (χ1n) is 6.37. The standard InChI is InChI=1S/C14H21N3OS/c1-4-5-10-15-14(19)17(2)16-11-12-6-8-13(18-3)9-7-12/h6-9,11H,4-5,10H2,1-3H3,(H,15,19). The summed E-state index contributed by atoms with van der Waals surface area (Å²) in [6.07, 6.45) is 4.03. The van der Waals surface area contributed by atoms with E-state index in [1.165, 1.54) is 0 Å². The highest BCUT2D eigenvalue weighted by molar-refractivity contribution is 7.80. The number of nitrogens with one attached hydrogen (secondary N) is 1. The molecule has 0 bridgehead atoms. The molecule has 0 aromatic heterocycles. The minimum absolute atomic E-state index is 0.637. The summed E-state index contributed by atoms with van der Waals surface area (Å²) in [4.78, 5) is 0. The Labute approximate surface area is 120 Å². The molecule has 0 spiro atoms. The maximum Gasteiger partial charge on any atom is 0.189 e. The summed E-state index contributed by atoms with van der Waals surface area (Å²) in [5.74, 6) is 0.835. The fraction of sp³-hybridized carbons (Fsp3) is 0.429. The van der Waals surface area contributed by atoms with Gasteiger partial charge in [0.05, 0.1) is 13.3 Å². The van der Waals surface area contributed by atoms with Gasteiger partial charge >= 0.3 is 0 Å². The van der Waals surface area contributed by atoms with Crippen molar-refractivity contribution in [2.75, 3.05) is 20.7 Å². The second kappa shape index (κ2) is 8.48. The Hall–Kier alpha value is -1.62. The van der Waals surface area contributed by atoms with Crippen LogP contribution in [0.2, 0.25) is 0 Å². The minimum Gasteiger partial charge on any atom is -0.497 e. The van der Waals surface area contributed by atoms with Gasteiger partial charge in [0.2, 0.25) is 0 Å². The highest BCUT2D eigenvalue weighted by atomic mass is 32.1. The van der Waals surface area contributed by atoms with Gasteiger partial charge in [-0.1, -0.05) is 13.3 Å². The van der Waals surface area contributed by atoms with Crippen LogP contribution in [0.4, 0.5) is 0 Å². The van der Waals surface area contributed by atoms with Crippen molar-refractivity contribution in [1.82, 2.24) is 10.3 Å². The molecular formula is C14H21N3OS. The Bertz CT molecular complexity index is 417. The van der Waals surface area contributed by atoms with Crippen molar-refractivity contribution in [2.24, 2.45) is 5.10 Å². The highest BCUT2D eigenvalue weighted by Crippen LogP contribution is 2.09. The van der Waals surface area contributed by atoms with Gasteiger partial charge in [0.1, 0.15) is 5.75 Å². The van der Waals surface area contributed by atoms with Gasteiger partial charge in [0, 0.05) is 13.6 Å². The van der Waals surface area contributed by atoms with Gasteiger partial charge < -0.3 is 10.1 Å². The van der Waals surface area contributed by atoms with Gasteiger partial charge in [0.25, 0.3) is 0 Å². The van der Waals surface area contributed by atoms with E-state index in [2.05, 4.69) is 17.3 Å². The fourth-order valence-electron chi connectivity index (χ4n) is 1.38. The zero-order valence-electron chi connectivity index (χ0n) is 11.7. The number of hydrogen-bond donors (Lipinski definition) is 1. The lowest BCUT2D eigenvalue weighted by molar-refractivity contribution is 0.415. The Morgan fingerprint density at radius 2 is 2.11 bits per heavy atom. The largest absolute Gasteiger partial charge is 0.497 e. The molecule has 0 fully saturated rings. The molecule has 0 unspecified atom stereocenters. The van der Waals surface area contributed by atoms with Crippen LogP contribution in [-0.2, 0) is 0 Å². The fourth-order valence-corrected chi connectivity index (χ4v) is 1.53. The Morgan fingerprint density at radius 1 is 1.42 bits per heavy atom. The van der Waals surface area contributed by atoms with Crippen LogP contribution >= 0.6 is 12.2 Å². The molecule has 104 valence electrons. The van der Waals surface area contributed by atoms with Crippen LogP contribution in [-0.4, -0.2) is 37.0 Å². The Kier molecular flexibility index (Phi) is 6.89. The Morgan fingerprint density at radius 3 is 2.68 bits per heavy atom. The lowest BCUT2D eigenvalue weighted by Gasteiger charge is -2.15. The summed E-state index contributed by atoms with van der Waals surface area (Å²) in [5, 5.41) is 9.75. The molecule has 4 nitrogen and oxygen atoms in total. The molecule has 1 rings (SSSR count). The number of methoxy groups -OCH3 is 1. The molecular weight excluding hydrogens is 258 g/mol. The average molecular weight is 279 g/mol. The summed E-state index contributed by atoms with van der Waals surface area (Å²) in [6.45, 7) is 3.04. The summed E-state index contributed by atoms with van der Waals surface area (Å²) < 4.78 is 5.10. The van der Waals surface area contributed by atoms with Crippen molar-refractivity contribution < 1.29 is 4.74 Å². The number of thiocarbonyl (C=S) groups is 1. The van der Waals surface area contributed by atoms with Gasteiger partial charge in [0.15, 0.2) is 5.11 Å². The normalized spacial score (nSPS) is 10.5. The van der Waals surface area contributed by atoms with Crippen LogP contribution in [0, 0.1) is 0 Å². The third kappa shape index (κ3) is 5.70. The molecule has 0 radical (unpaired) electrons. The van der Waals surface area contributed by atoms with Gasteiger partial charge in [-0.15, -0.1) is 0 Å². The predicted octanol–water partition coefficient (Wildman–Crippen LogP) is 2.64. The third-order valence-corrected chi connectivity index (χ3v) is 3.00. The molecule has 1 N–H and O–H groups in total. The van der Waals surface area contributed by atoms with Crippen molar-refractivity contribution >= 4 is 23.5 Å². The molecule has 0 aliphatic heterocycles. The summed E-state index contributed by atoms with van der Waals surface area (Å²) in [7, 11) is 3.48. The SMILES string of the molecule is CCCCNC(=S)N(C)N=Cc1ccc(OC)cc1. The van der Waals surface area contributed by atoms with E-state index in [1.54, 1.807) is 18.3 Å². The molecule has 5 heteroatoms. The molecule has 1 aromatic carbocycles. The number of hydrazone groups is 1. The van der Waals surface area contributed by atoms with Crippen molar-refractivity contribution in [3.05, 3.63) is 29.8 Å². The first-order valence-corrected chi connectivity index (χ1v) is 6.77. The van der Waals surface area contributed by atoms with Crippen LogP contribution in [0.5, 0.6) is 5.75 Å². The van der Waals surface area contributed by atoms with Gasteiger partial charge in [-0.3, -0.25) is 0 Å². The van der Waals surface area contributed by atoms with Gasteiger partial charge in [-0.2, -0.15) is 5.10 Å². The third-order valence-electron chi connectivity index (χ3n) is 2.60. The van der Waals surface area contributed by atoms with Crippen molar-refractivity contribution in [1.29, 1.82) is 0 Å². The van der Waals surface area contributed by atoms with Crippen molar-refractivity contribution in [3.63, 3.8) is 0 Å². The highest BCUT2D eigenvalue weighted by Gasteiger charge is 2.00. The number of rotatable bonds is 6. The number of unbranched alkanes of at least 4 members (excludes halogenated alkanes) is 1. The summed E-state index contributed by atoms with van der Waals surface area (Å²) in [5.41, 5.74) is 1.00. The van der Waals surface area contributed by atoms with Crippen LogP contribution < -0.4 is 10.1 Å². The molecule has 0 aliphatic carbocycles. The summed E-state index contributed by atoms with van der Waals surface area (Å²) >= 11 is 5.23. The molecule has 1 aromatic rings. The molecule has 0 saturated carbocycles. The zero-order valence-corrected chi connectivity index (χ0v) is 12.5. The maximum absolute atomic E-state index is 5.23. The first kappa shape index (κ1) is 15.4. The van der Waals surface area contributed by atoms with E-state index in [4.69, 9.17) is 17.0 Å². The van der Waals surface area contributed by atoms with E-state index >= 15 is 0 Å². The van der Waals surface area contributed by atoms with Crippen LogP contribution in [0.1, 0.15) is 25.3 Å². The summed E-state index contributed by atoms with van der Waals surface area (Å²) in [6, 6.07) is 7.70. The minimum atomic E-state index is 0.637. The molecule has 0 heterocycles. The monoisotopic (exact) mass is 279 g/mol. The second-order valence-corrected chi connectivity index (χ2v) is 4.51. The van der Waals surface area contributed by atoms with E-state index in [9.17, 15) is 0 Å². The van der Waals surface area contributed by atoms with Crippen LogP contribution in [0.15, 0.2) is 29.4 Å². The van der Waals surface area contributed by atoms with Gasteiger partial charge in [-0.05, 0) is 48.5 Å². The Balaban J connectivity index is 2.47. The molecule has 0 amide bonds. The molecule has 0 atom stereocenters. The number of ether oxygens (including phenoxy) is 1. The lowest BCUT2D eigenvalue weighted by Crippen LogP contribution is -2.34. The average Bonchev–Trinajstić information content (AvgIpc) is 2.45. The lowest BCUT2D eigenvalue weighted by atomic mass is 10.2. The number of nitrogens with zero attached hydrogens (tertiary/aromatic N) is 2. The first-order chi connectivity index (χ1) is 9.17. The quantitative estimate of drug-likeness (QED) is 0.376.